The fourth-order valence-corrected chi connectivity index (χ4v) is 1.98. The lowest BCUT2D eigenvalue weighted by molar-refractivity contribution is -0.142. The Kier molecular flexibility index (Phi) is 4.54. The van der Waals surface area contributed by atoms with Crippen LogP contribution in [-0.4, -0.2) is 52.9 Å². The molecule has 1 aliphatic heterocycles. The number of nitrogens with one attached hydrogen (secondary N) is 1. The van der Waals surface area contributed by atoms with Crippen LogP contribution in [0.3, 0.4) is 0 Å². The number of carbonyl (C=O) groups is 5. The number of anilines is 1. The van der Waals surface area contributed by atoms with E-state index in [1.54, 1.807) is 19.1 Å². The minimum atomic E-state index is -1.02. The quantitative estimate of drug-likeness (QED) is 0.487. The van der Waals surface area contributed by atoms with Crippen LogP contribution in [0.15, 0.2) is 24.3 Å². The molecule has 1 aliphatic rings. The second-order valence-corrected chi connectivity index (χ2v) is 4.94. The fraction of sp³-hybridized carbons (Fsp3) is 0.267. The molecule has 1 N–H and O–H groups in total. The van der Waals surface area contributed by atoms with E-state index in [2.05, 4.69) is 5.32 Å². The van der Waals surface area contributed by atoms with Crippen LogP contribution in [-0.2, 0) is 14.4 Å². The van der Waals surface area contributed by atoms with E-state index in [1.165, 1.54) is 19.2 Å². The van der Waals surface area contributed by atoms with Gasteiger partial charge in [0, 0.05) is 24.7 Å². The molecule has 1 aromatic rings. The molecule has 8 heteroatoms. The van der Waals surface area contributed by atoms with Gasteiger partial charge < -0.3 is 5.32 Å². The van der Waals surface area contributed by atoms with E-state index in [9.17, 15) is 24.0 Å². The van der Waals surface area contributed by atoms with Crippen LogP contribution >= 0.6 is 0 Å². The third-order valence-electron chi connectivity index (χ3n) is 3.36. The molecule has 0 spiro atoms. The van der Waals surface area contributed by atoms with E-state index in [0.29, 0.717) is 21.9 Å². The summed E-state index contributed by atoms with van der Waals surface area (Å²) in [5.41, 5.74) is 0.804. The number of rotatable bonds is 5. The number of nitrogens with zero attached hydrogens (tertiary/aromatic N) is 2. The molecule has 2 rings (SSSR count). The Morgan fingerprint density at radius 3 is 2.13 bits per heavy atom. The van der Waals surface area contributed by atoms with E-state index < -0.39 is 30.2 Å². The first-order valence-corrected chi connectivity index (χ1v) is 6.91. The van der Waals surface area contributed by atoms with Gasteiger partial charge in [-0.05, 0) is 24.3 Å². The van der Waals surface area contributed by atoms with Gasteiger partial charge in [0.05, 0.1) is 6.54 Å². The highest BCUT2D eigenvalue weighted by Gasteiger charge is 2.42. The fourth-order valence-electron chi connectivity index (χ4n) is 1.98. The summed E-state index contributed by atoms with van der Waals surface area (Å²) < 4.78 is 0. The Morgan fingerprint density at radius 2 is 1.65 bits per heavy atom. The predicted octanol–water partition coefficient (Wildman–Crippen LogP) is 0.638. The van der Waals surface area contributed by atoms with Gasteiger partial charge in [0.15, 0.2) is 5.78 Å². The standard InChI is InChI=1S/C15H15N3O5/c1-3-12(20)16-10-6-4-9(5-7-10)11(19)8-18-14(22)13(21)17(2)15(18)23/h4-7H,3,8H2,1-2H3,(H,16,20). The zero-order chi connectivity index (χ0) is 17.1. The summed E-state index contributed by atoms with van der Waals surface area (Å²) in [6, 6.07) is 5.23. The van der Waals surface area contributed by atoms with Crippen molar-refractivity contribution < 1.29 is 24.0 Å². The Balaban J connectivity index is 2.07. The molecule has 0 unspecified atom stereocenters. The van der Waals surface area contributed by atoms with Crippen LogP contribution in [0.5, 0.6) is 0 Å². The maximum Gasteiger partial charge on any atom is 0.334 e. The molecular formula is C15H15N3O5. The molecule has 0 radical (unpaired) electrons. The van der Waals surface area contributed by atoms with E-state index in [4.69, 9.17) is 0 Å². The number of ketones is 1. The van der Waals surface area contributed by atoms with Crippen molar-refractivity contribution in [2.45, 2.75) is 13.3 Å². The number of imide groups is 2. The maximum atomic E-state index is 12.1. The third kappa shape index (κ3) is 3.25. The van der Waals surface area contributed by atoms with Gasteiger partial charge in [0.25, 0.3) is 0 Å². The van der Waals surface area contributed by atoms with Crippen LogP contribution in [0.1, 0.15) is 23.7 Å². The van der Waals surface area contributed by atoms with Gasteiger partial charge in [-0.2, -0.15) is 0 Å². The van der Waals surface area contributed by atoms with Crippen molar-refractivity contribution in [1.82, 2.24) is 9.80 Å². The average molecular weight is 317 g/mol. The van der Waals surface area contributed by atoms with Gasteiger partial charge in [-0.3, -0.25) is 24.1 Å². The lowest BCUT2D eigenvalue weighted by Crippen LogP contribution is -2.36. The molecule has 1 aromatic carbocycles. The van der Waals surface area contributed by atoms with E-state index in [-0.39, 0.29) is 11.5 Å². The highest BCUT2D eigenvalue weighted by molar-refractivity contribution is 6.45. The van der Waals surface area contributed by atoms with Crippen LogP contribution in [0.4, 0.5) is 10.5 Å². The highest BCUT2D eigenvalue weighted by atomic mass is 16.2. The summed E-state index contributed by atoms with van der Waals surface area (Å²) in [7, 11) is 1.18. The van der Waals surface area contributed by atoms with Crippen molar-refractivity contribution >= 4 is 35.2 Å². The van der Waals surface area contributed by atoms with Crippen LogP contribution < -0.4 is 5.32 Å². The lowest BCUT2D eigenvalue weighted by Gasteiger charge is -2.12. The van der Waals surface area contributed by atoms with Crippen LogP contribution in [0.2, 0.25) is 0 Å². The largest absolute Gasteiger partial charge is 0.334 e. The van der Waals surface area contributed by atoms with E-state index in [1.807, 2.05) is 0 Å². The van der Waals surface area contributed by atoms with Gasteiger partial charge in [-0.25, -0.2) is 9.69 Å². The minimum absolute atomic E-state index is 0.154. The number of urea groups is 1. The molecule has 0 saturated carbocycles. The van der Waals surface area contributed by atoms with Crippen molar-refractivity contribution in [2.75, 3.05) is 18.9 Å². The van der Waals surface area contributed by atoms with Gasteiger partial charge in [-0.1, -0.05) is 6.92 Å². The predicted molar refractivity (Wildman–Crippen MR) is 79.6 cm³/mol. The number of benzene rings is 1. The van der Waals surface area contributed by atoms with E-state index in [0.717, 1.165) is 0 Å². The van der Waals surface area contributed by atoms with Crippen LogP contribution in [0.25, 0.3) is 0 Å². The average Bonchev–Trinajstić information content (AvgIpc) is 2.73. The summed E-state index contributed by atoms with van der Waals surface area (Å²) in [5.74, 6) is -2.61. The maximum absolute atomic E-state index is 12.1. The molecule has 0 atom stereocenters. The van der Waals surface area contributed by atoms with Crippen molar-refractivity contribution in [3.63, 3.8) is 0 Å². The smallest absolute Gasteiger partial charge is 0.326 e. The van der Waals surface area contributed by atoms with Gasteiger partial charge in [-0.15, -0.1) is 0 Å². The van der Waals surface area contributed by atoms with Crippen molar-refractivity contribution in [2.24, 2.45) is 0 Å². The summed E-state index contributed by atoms with van der Waals surface area (Å²) in [5, 5.41) is 2.64. The Labute approximate surface area is 132 Å². The van der Waals surface area contributed by atoms with Crippen molar-refractivity contribution in [3.8, 4) is 0 Å². The molecule has 0 aliphatic carbocycles. The molecule has 23 heavy (non-hydrogen) atoms. The monoisotopic (exact) mass is 317 g/mol. The van der Waals surface area contributed by atoms with Crippen molar-refractivity contribution in [3.05, 3.63) is 29.8 Å². The van der Waals surface area contributed by atoms with Gasteiger partial charge >= 0.3 is 17.8 Å². The molecular weight excluding hydrogens is 302 g/mol. The molecule has 1 heterocycles. The Bertz CT molecular complexity index is 696. The number of hydrogen-bond acceptors (Lipinski definition) is 5. The summed E-state index contributed by atoms with van der Waals surface area (Å²) in [4.78, 5) is 59.4. The number of carbonyl (C=O) groups excluding carboxylic acids is 5. The second-order valence-electron chi connectivity index (χ2n) is 4.94. The Morgan fingerprint density at radius 1 is 1.04 bits per heavy atom. The molecule has 120 valence electrons. The molecule has 1 saturated heterocycles. The van der Waals surface area contributed by atoms with Crippen molar-refractivity contribution in [1.29, 1.82) is 0 Å². The topological polar surface area (TPSA) is 104 Å². The Hall–Kier alpha value is -3.03. The van der Waals surface area contributed by atoms with E-state index >= 15 is 0 Å². The molecule has 0 bridgehead atoms. The zero-order valence-corrected chi connectivity index (χ0v) is 12.7. The normalized spacial score (nSPS) is 14.4. The number of amides is 5. The first-order chi connectivity index (χ1) is 10.8. The zero-order valence-electron chi connectivity index (χ0n) is 12.7. The number of likely N-dealkylation sites (N-methyl/N-ethyl adjacent to an activating group) is 1. The second kappa shape index (κ2) is 6.39. The van der Waals surface area contributed by atoms with Gasteiger partial charge in [0.1, 0.15) is 0 Å². The molecule has 8 nitrogen and oxygen atoms in total. The molecule has 0 aromatic heterocycles. The van der Waals surface area contributed by atoms with Crippen LogP contribution in [0, 0.1) is 0 Å². The first-order valence-electron chi connectivity index (χ1n) is 6.91. The molecule has 5 amide bonds. The molecule has 1 fully saturated rings. The first kappa shape index (κ1) is 16.3. The number of Topliss-reactive ketones (excluding diaryl/α,β-unsaturated/α-hetero) is 1. The summed E-state index contributed by atoms with van der Waals surface area (Å²) in [6.45, 7) is 1.21. The highest BCUT2D eigenvalue weighted by Crippen LogP contribution is 2.14. The van der Waals surface area contributed by atoms with Gasteiger partial charge in [0.2, 0.25) is 5.91 Å². The third-order valence-corrected chi connectivity index (χ3v) is 3.36. The SMILES string of the molecule is CCC(=O)Nc1ccc(C(=O)CN2C(=O)C(=O)N(C)C2=O)cc1. The number of hydrogen-bond donors (Lipinski definition) is 1. The lowest BCUT2D eigenvalue weighted by atomic mass is 10.1. The minimum Gasteiger partial charge on any atom is -0.326 e. The summed E-state index contributed by atoms with van der Waals surface area (Å²) >= 11 is 0. The summed E-state index contributed by atoms with van der Waals surface area (Å²) in [6.07, 6.45) is 0.335.